The number of benzene rings is 2. The SMILES string of the molecule is FC1=CCC(C/C=C(/F)[C@@H](c2ccc(Cl)cc2)C2CC2)C=C1Oc1ccccc1. The van der Waals surface area contributed by atoms with Gasteiger partial charge in [-0.2, -0.15) is 0 Å². The average molecular weight is 413 g/mol. The molecule has 2 aromatic rings. The van der Waals surface area contributed by atoms with Gasteiger partial charge in [-0.3, -0.25) is 0 Å². The van der Waals surface area contributed by atoms with Crippen molar-refractivity contribution in [3.8, 4) is 5.75 Å². The predicted molar refractivity (Wildman–Crippen MR) is 113 cm³/mol. The number of halogens is 3. The fourth-order valence-electron chi connectivity index (χ4n) is 3.73. The lowest BCUT2D eigenvalue weighted by Gasteiger charge is -2.19. The van der Waals surface area contributed by atoms with Crippen LogP contribution in [0.15, 0.2) is 90.2 Å². The van der Waals surface area contributed by atoms with Gasteiger partial charge < -0.3 is 4.74 Å². The summed E-state index contributed by atoms with van der Waals surface area (Å²) in [6, 6.07) is 16.5. The van der Waals surface area contributed by atoms with Crippen LogP contribution < -0.4 is 4.74 Å². The van der Waals surface area contributed by atoms with E-state index in [2.05, 4.69) is 0 Å². The van der Waals surface area contributed by atoms with Gasteiger partial charge in [0.25, 0.3) is 0 Å². The molecule has 0 spiro atoms. The molecule has 1 fully saturated rings. The molecule has 2 aliphatic carbocycles. The second-order valence-electron chi connectivity index (χ2n) is 7.69. The highest BCUT2D eigenvalue weighted by Crippen LogP contribution is 2.47. The van der Waals surface area contributed by atoms with E-state index in [4.69, 9.17) is 16.3 Å². The number of hydrogen-bond acceptors (Lipinski definition) is 1. The molecule has 0 N–H and O–H groups in total. The Labute approximate surface area is 175 Å². The zero-order valence-electron chi connectivity index (χ0n) is 16.0. The Morgan fingerprint density at radius 2 is 1.83 bits per heavy atom. The molecule has 2 aromatic carbocycles. The Kier molecular flexibility index (Phi) is 6.15. The molecule has 0 aliphatic heterocycles. The van der Waals surface area contributed by atoms with Crippen molar-refractivity contribution >= 4 is 11.6 Å². The van der Waals surface area contributed by atoms with Crippen molar-refractivity contribution in [2.45, 2.75) is 31.6 Å². The monoisotopic (exact) mass is 412 g/mol. The summed E-state index contributed by atoms with van der Waals surface area (Å²) >= 11 is 5.97. The maximum atomic E-state index is 15.1. The van der Waals surface area contributed by atoms with Gasteiger partial charge in [-0.25, -0.2) is 8.78 Å². The highest BCUT2D eigenvalue weighted by Gasteiger charge is 2.35. The van der Waals surface area contributed by atoms with Crippen molar-refractivity contribution in [1.29, 1.82) is 0 Å². The van der Waals surface area contributed by atoms with Gasteiger partial charge in [0.05, 0.1) is 0 Å². The molecule has 0 amide bonds. The molecule has 4 rings (SSSR count). The third kappa shape index (κ3) is 5.16. The van der Waals surface area contributed by atoms with Crippen LogP contribution in [-0.2, 0) is 0 Å². The van der Waals surface area contributed by atoms with Gasteiger partial charge in [-0.05, 0) is 79.5 Å². The van der Waals surface area contributed by atoms with E-state index in [-0.39, 0.29) is 29.2 Å². The van der Waals surface area contributed by atoms with Gasteiger partial charge in [-0.15, -0.1) is 0 Å². The van der Waals surface area contributed by atoms with Crippen LogP contribution in [0.4, 0.5) is 8.78 Å². The largest absolute Gasteiger partial charge is 0.455 e. The molecule has 29 heavy (non-hydrogen) atoms. The van der Waals surface area contributed by atoms with Crippen LogP contribution in [0.3, 0.4) is 0 Å². The standard InChI is InChI=1S/C25H23ClF2O/c26-20-12-10-19(11-13-20)25(18-8-9-18)23(28)15-7-17-6-14-22(27)24(16-17)29-21-4-2-1-3-5-21/h1-5,10-18,25H,6-9H2/b23-15+/t17?,25-/m1/s1. The van der Waals surface area contributed by atoms with Crippen LogP contribution in [0.2, 0.25) is 5.02 Å². The van der Waals surface area contributed by atoms with Crippen LogP contribution in [0.25, 0.3) is 0 Å². The average Bonchev–Trinajstić information content (AvgIpc) is 3.56. The van der Waals surface area contributed by atoms with Crippen molar-refractivity contribution < 1.29 is 13.5 Å². The van der Waals surface area contributed by atoms with Crippen molar-refractivity contribution in [2.24, 2.45) is 11.8 Å². The first-order valence-corrected chi connectivity index (χ1v) is 10.4. The molecule has 0 aromatic heterocycles. The van der Waals surface area contributed by atoms with Gasteiger partial charge in [0, 0.05) is 10.9 Å². The number of allylic oxidation sites excluding steroid dienone is 5. The van der Waals surface area contributed by atoms with E-state index >= 15 is 4.39 Å². The number of para-hydroxylation sites is 1. The normalized spacial score (nSPS) is 20.7. The second kappa shape index (κ2) is 8.96. The third-order valence-corrected chi connectivity index (χ3v) is 5.68. The molecule has 2 aliphatic rings. The van der Waals surface area contributed by atoms with E-state index in [1.807, 2.05) is 42.5 Å². The molecule has 0 radical (unpaired) electrons. The van der Waals surface area contributed by atoms with Crippen molar-refractivity contribution in [2.75, 3.05) is 0 Å². The molecule has 1 nitrogen and oxygen atoms in total. The fraction of sp³-hybridized carbons (Fsp3) is 0.280. The van der Waals surface area contributed by atoms with Gasteiger partial charge in [0.2, 0.25) is 0 Å². The Hall–Kier alpha value is -2.39. The molecule has 0 bridgehead atoms. The Morgan fingerprint density at radius 1 is 1.10 bits per heavy atom. The molecule has 2 atom stereocenters. The van der Waals surface area contributed by atoms with Gasteiger partial charge in [-0.1, -0.05) is 48.0 Å². The summed E-state index contributed by atoms with van der Waals surface area (Å²) in [7, 11) is 0. The third-order valence-electron chi connectivity index (χ3n) is 5.43. The number of rotatable bonds is 7. The van der Waals surface area contributed by atoms with E-state index in [1.165, 1.54) is 6.08 Å². The highest BCUT2D eigenvalue weighted by atomic mass is 35.5. The summed E-state index contributed by atoms with van der Waals surface area (Å²) in [5.41, 5.74) is 0.962. The lowest BCUT2D eigenvalue weighted by molar-refractivity contribution is 0.385. The molecule has 0 heterocycles. The Morgan fingerprint density at radius 3 is 2.52 bits per heavy atom. The summed E-state index contributed by atoms with van der Waals surface area (Å²) < 4.78 is 34.9. The molecule has 1 saturated carbocycles. The zero-order valence-corrected chi connectivity index (χ0v) is 16.8. The molecule has 0 saturated heterocycles. The van der Waals surface area contributed by atoms with Crippen LogP contribution >= 0.6 is 11.6 Å². The van der Waals surface area contributed by atoms with Gasteiger partial charge in [0.15, 0.2) is 11.6 Å². The van der Waals surface area contributed by atoms with E-state index in [1.54, 1.807) is 24.3 Å². The molecule has 150 valence electrons. The van der Waals surface area contributed by atoms with Gasteiger partial charge in [0.1, 0.15) is 11.6 Å². The predicted octanol–water partition coefficient (Wildman–Crippen LogP) is 7.91. The van der Waals surface area contributed by atoms with Crippen molar-refractivity contribution in [3.05, 3.63) is 101 Å². The van der Waals surface area contributed by atoms with Crippen LogP contribution in [0.1, 0.15) is 37.2 Å². The summed E-state index contributed by atoms with van der Waals surface area (Å²) in [5, 5.41) is 0.653. The van der Waals surface area contributed by atoms with Gasteiger partial charge >= 0.3 is 0 Å². The lowest BCUT2D eigenvalue weighted by Crippen LogP contribution is -2.08. The fourth-order valence-corrected chi connectivity index (χ4v) is 3.85. The molecule has 4 heteroatoms. The van der Waals surface area contributed by atoms with Crippen LogP contribution in [0, 0.1) is 11.8 Å². The van der Waals surface area contributed by atoms with Crippen LogP contribution in [-0.4, -0.2) is 0 Å². The first kappa shape index (κ1) is 19.9. The number of ether oxygens (including phenoxy) is 1. The van der Waals surface area contributed by atoms with Crippen molar-refractivity contribution in [1.82, 2.24) is 0 Å². The quantitative estimate of drug-likeness (QED) is 0.448. The molecular weight excluding hydrogens is 390 g/mol. The van der Waals surface area contributed by atoms with Crippen LogP contribution in [0.5, 0.6) is 5.75 Å². The van der Waals surface area contributed by atoms with Crippen molar-refractivity contribution in [3.63, 3.8) is 0 Å². The van der Waals surface area contributed by atoms with E-state index in [0.29, 0.717) is 29.5 Å². The summed E-state index contributed by atoms with van der Waals surface area (Å²) in [5.74, 6) is 0.453. The molecular formula is C25H23ClF2O. The minimum absolute atomic E-state index is 0.00373. The minimum atomic E-state index is -0.369. The topological polar surface area (TPSA) is 9.23 Å². The minimum Gasteiger partial charge on any atom is -0.455 e. The maximum absolute atomic E-state index is 15.1. The Balaban J connectivity index is 1.46. The molecule has 1 unspecified atom stereocenters. The second-order valence-corrected chi connectivity index (χ2v) is 8.12. The smallest absolute Gasteiger partial charge is 0.161 e. The highest BCUT2D eigenvalue weighted by molar-refractivity contribution is 6.30. The summed E-state index contributed by atoms with van der Waals surface area (Å²) in [6.45, 7) is 0. The zero-order chi connectivity index (χ0) is 20.2. The summed E-state index contributed by atoms with van der Waals surface area (Å²) in [6.07, 6.45) is 8.07. The first-order valence-electron chi connectivity index (χ1n) is 10.0. The first-order chi connectivity index (χ1) is 14.1. The van der Waals surface area contributed by atoms with E-state index < -0.39 is 0 Å². The summed E-state index contributed by atoms with van der Waals surface area (Å²) in [4.78, 5) is 0. The Bertz CT molecular complexity index is 927. The van der Waals surface area contributed by atoms with E-state index in [0.717, 1.165) is 18.4 Å². The van der Waals surface area contributed by atoms with E-state index in [9.17, 15) is 4.39 Å². The lowest BCUT2D eigenvalue weighted by atomic mass is 9.90. The maximum Gasteiger partial charge on any atom is 0.161 e. The number of hydrogen-bond donors (Lipinski definition) is 0.